The van der Waals surface area contributed by atoms with Crippen molar-refractivity contribution >= 4 is 5.91 Å². The summed E-state index contributed by atoms with van der Waals surface area (Å²) in [6.45, 7) is 0.648. The van der Waals surface area contributed by atoms with Crippen molar-refractivity contribution in [3.63, 3.8) is 0 Å². The number of rotatable bonds is 4. The summed E-state index contributed by atoms with van der Waals surface area (Å²) in [6, 6.07) is 0.422. The van der Waals surface area contributed by atoms with Gasteiger partial charge in [-0.1, -0.05) is 19.3 Å². The first-order chi connectivity index (χ1) is 7.33. The van der Waals surface area contributed by atoms with E-state index in [-0.39, 0.29) is 12.5 Å². The van der Waals surface area contributed by atoms with Crippen LogP contribution in [0.15, 0.2) is 0 Å². The van der Waals surface area contributed by atoms with Gasteiger partial charge in [-0.2, -0.15) is 0 Å². The van der Waals surface area contributed by atoms with Crippen LogP contribution < -0.4 is 0 Å². The molecule has 0 saturated heterocycles. The Morgan fingerprint density at radius 2 is 1.80 bits per heavy atom. The van der Waals surface area contributed by atoms with Gasteiger partial charge in [0.1, 0.15) is 0 Å². The predicted molar refractivity (Wildman–Crippen MR) is 58.4 cm³/mol. The number of nitrogens with zero attached hydrogens (tertiary/aromatic N) is 1. The van der Waals surface area contributed by atoms with Crippen LogP contribution in [0.4, 0.5) is 0 Å². The molecule has 2 aliphatic carbocycles. The van der Waals surface area contributed by atoms with Crippen LogP contribution in [0.5, 0.6) is 0 Å². The van der Waals surface area contributed by atoms with E-state index in [9.17, 15) is 4.79 Å². The molecular formula is C12H21NO2. The van der Waals surface area contributed by atoms with Gasteiger partial charge >= 0.3 is 0 Å². The highest BCUT2D eigenvalue weighted by Crippen LogP contribution is 2.31. The van der Waals surface area contributed by atoms with Crippen LogP contribution in [0.1, 0.15) is 44.9 Å². The van der Waals surface area contributed by atoms with Crippen LogP contribution in [0, 0.1) is 5.92 Å². The van der Waals surface area contributed by atoms with Gasteiger partial charge in [-0.3, -0.25) is 4.79 Å². The zero-order chi connectivity index (χ0) is 10.7. The van der Waals surface area contributed by atoms with Gasteiger partial charge in [0.25, 0.3) is 0 Å². The molecule has 0 aromatic carbocycles. The highest BCUT2D eigenvalue weighted by Gasteiger charge is 2.33. The van der Waals surface area contributed by atoms with Crippen molar-refractivity contribution < 1.29 is 9.90 Å². The highest BCUT2D eigenvalue weighted by atomic mass is 16.3. The number of hydrogen-bond donors (Lipinski definition) is 1. The van der Waals surface area contributed by atoms with Crippen molar-refractivity contribution in [2.24, 2.45) is 5.92 Å². The minimum absolute atomic E-state index is 0.106. The molecule has 0 aliphatic heterocycles. The molecule has 2 saturated carbocycles. The molecule has 0 radical (unpaired) electrons. The van der Waals surface area contributed by atoms with Gasteiger partial charge in [-0.15, -0.1) is 0 Å². The van der Waals surface area contributed by atoms with Crippen LogP contribution >= 0.6 is 0 Å². The first kappa shape index (κ1) is 10.9. The molecule has 0 spiro atoms. The van der Waals surface area contributed by atoms with Gasteiger partial charge in [0.2, 0.25) is 5.91 Å². The lowest BCUT2D eigenvalue weighted by Crippen LogP contribution is -2.45. The molecule has 15 heavy (non-hydrogen) atoms. The average Bonchev–Trinajstić information content (AvgIpc) is 2.63. The molecule has 0 unspecified atom stereocenters. The highest BCUT2D eigenvalue weighted by molar-refractivity contribution is 5.80. The van der Waals surface area contributed by atoms with Gasteiger partial charge in [0.05, 0.1) is 6.61 Å². The molecule has 2 aliphatic rings. The van der Waals surface area contributed by atoms with Crippen LogP contribution in [0.3, 0.4) is 0 Å². The average molecular weight is 211 g/mol. The van der Waals surface area contributed by atoms with Crippen molar-refractivity contribution in [2.45, 2.75) is 51.0 Å². The minimum Gasteiger partial charge on any atom is -0.395 e. The van der Waals surface area contributed by atoms with Crippen LogP contribution in [0.25, 0.3) is 0 Å². The molecule has 0 aromatic rings. The molecule has 1 amide bonds. The molecule has 0 atom stereocenters. The Kier molecular flexibility index (Phi) is 3.62. The Hall–Kier alpha value is -0.570. The maximum Gasteiger partial charge on any atom is 0.226 e. The fraction of sp³-hybridized carbons (Fsp3) is 0.917. The molecule has 2 fully saturated rings. The minimum atomic E-state index is 0.106. The predicted octanol–water partition coefficient (Wildman–Crippen LogP) is 1.55. The summed E-state index contributed by atoms with van der Waals surface area (Å²) in [5.74, 6) is 0.583. The number of aliphatic hydroxyl groups excluding tert-OH is 1. The van der Waals surface area contributed by atoms with E-state index in [1.165, 1.54) is 19.3 Å². The van der Waals surface area contributed by atoms with Gasteiger partial charge in [-0.05, 0) is 25.7 Å². The van der Waals surface area contributed by atoms with Gasteiger partial charge in [0, 0.05) is 18.5 Å². The number of aliphatic hydroxyl groups is 1. The fourth-order valence-electron chi connectivity index (χ4n) is 2.69. The third-order valence-electron chi connectivity index (χ3n) is 3.84. The molecule has 0 heterocycles. The Bertz CT molecular complexity index is 220. The fourth-order valence-corrected chi connectivity index (χ4v) is 2.69. The van der Waals surface area contributed by atoms with E-state index >= 15 is 0 Å². The van der Waals surface area contributed by atoms with E-state index in [1.54, 1.807) is 0 Å². The standard InChI is InChI=1S/C12H21NO2/c14-9-8-13(11-6-1-2-7-11)12(15)10-4-3-5-10/h10-11,14H,1-9H2. The normalized spacial score (nSPS) is 22.7. The maximum atomic E-state index is 12.1. The van der Waals surface area contributed by atoms with E-state index in [4.69, 9.17) is 5.11 Å². The van der Waals surface area contributed by atoms with Gasteiger partial charge < -0.3 is 10.0 Å². The summed E-state index contributed by atoms with van der Waals surface area (Å²) < 4.78 is 0. The largest absolute Gasteiger partial charge is 0.395 e. The van der Waals surface area contributed by atoms with Crippen LogP contribution in [-0.2, 0) is 4.79 Å². The monoisotopic (exact) mass is 211 g/mol. The van der Waals surface area contributed by atoms with E-state index in [0.717, 1.165) is 25.7 Å². The first-order valence-corrected chi connectivity index (χ1v) is 6.24. The Balaban J connectivity index is 1.94. The molecule has 2 rings (SSSR count). The zero-order valence-corrected chi connectivity index (χ0v) is 9.32. The summed E-state index contributed by atoms with van der Waals surface area (Å²) in [5, 5.41) is 9.02. The smallest absolute Gasteiger partial charge is 0.226 e. The van der Waals surface area contributed by atoms with Crippen molar-refractivity contribution in [3.05, 3.63) is 0 Å². The second-order valence-electron chi connectivity index (χ2n) is 4.82. The lowest BCUT2D eigenvalue weighted by molar-refractivity contribution is -0.141. The summed E-state index contributed by atoms with van der Waals surface area (Å²) in [7, 11) is 0. The number of hydrogen-bond acceptors (Lipinski definition) is 2. The molecule has 0 bridgehead atoms. The summed E-state index contributed by atoms with van der Waals surface area (Å²) in [6.07, 6.45) is 8.08. The Morgan fingerprint density at radius 1 is 1.13 bits per heavy atom. The summed E-state index contributed by atoms with van der Waals surface area (Å²) in [4.78, 5) is 14.1. The summed E-state index contributed by atoms with van der Waals surface area (Å²) in [5.41, 5.74) is 0. The summed E-state index contributed by atoms with van der Waals surface area (Å²) >= 11 is 0. The van der Waals surface area contributed by atoms with Crippen molar-refractivity contribution in [1.82, 2.24) is 4.90 Å². The van der Waals surface area contributed by atoms with Gasteiger partial charge in [-0.25, -0.2) is 0 Å². The van der Waals surface area contributed by atoms with Crippen molar-refractivity contribution in [1.29, 1.82) is 0 Å². The third kappa shape index (κ3) is 2.33. The van der Waals surface area contributed by atoms with Crippen molar-refractivity contribution in [2.75, 3.05) is 13.2 Å². The van der Waals surface area contributed by atoms with Crippen LogP contribution in [-0.4, -0.2) is 35.1 Å². The molecule has 86 valence electrons. The van der Waals surface area contributed by atoms with E-state index in [1.807, 2.05) is 4.90 Å². The number of carbonyl (C=O) groups excluding carboxylic acids is 1. The molecule has 3 heteroatoms. The molecular weight excluding hydrogens is 190 g/mol. The van der Waals surface area contributed by atoms with Gasteiger partial charge in [0.15, 0.2) is 0 Å². The lowest BCUT2D eigenvalue weighted by Gasteiger charge is -2.35. The second kappa shape index (κ2) is 4.97. The molecule has 0 aromatic heterocycles. The Labute approximate surface area is 91.5 Å². The van der Waals surface area contributed by atoms with E-state index in [0.29, 0.717) is 18.5 Å². The van der Waals surface area contributed by atoms with E-state index < -0.39 is 0 Å². The topological polar surface area (TPSA) is 40.5 Å². The van der Waals surface area contributed by atoms with Crippen molar-refractivity contribution in [3.8, 4) is 0 Å². The molecule has 1 N–H and O–H groups in total. The SMILES string of the molecule is O=C(C1CCC1)N(CCO)C1CCCC1. The second-order valence-corrected chi connectivity index (χ2v) is 4.82. The zero-order valence-electron chi connectivity index (χ0n) is 9.32. The number of amides is 1. The van der Waals surface area contributed by atoms with E-state index in [2.05, 4.69) is 0 Å². The number of carbonyl (C=O) groups is 1. The Morgan fingerprint density at radius 3 is 2.27 bits per heavy atom. The first-order valence-electron chi connectivity index (χ1n) is 6.24. The molecule has 3 nitrogen and oxygen atoms in total. The maximum absolute atomic E-state index is 12.1. The lowest BCUT2D eigenvalue weighted by atomic mass is 9.84. The third-order valence-corrected chi connectivity index (χ3v) is 3.84. The van der Waals surface area contributed by atoms with Crippen LogP contribution in [0.2, 0.25) is 0 Å². The quantitative estimate of drug-likeness (QED) is 0.766.